The summed E-state index contributed by atoms with van der Waals surface area (Å²) < 4.78 is 15.5. The molecule has 0 atom stereocenters. The maximum absolute atomic E-state index is 11.8. The van der Waals surface area contributed by atoms with Crippen molar-refractivity contribution in [3.63, 3.8) is 0 Å². The molecule has 2 rings (SSSR count). The third-order valence-electron chi connectivity index (χ3n) is 2.61. The Balaban J connectivity index is 1.81. The normalized spacial score (nSPS) is 9.91. The number of ether oxygens (including phenoxy) is 3. The lowest BCUT2D eigenvalue weighted by Gasteiger charge is -2.08. The molecule has 116 valence electrons. The number of rotatable bonds is 7. The molecule has 7 nitrogen and oxygen atoms in total. The van der Waals surface area contributed by atoms with Crippen LogP contribution >= 0.6 is 0 Å². The molecule has 1 N–H and O–H groups in total. The van der Waals surface area contributed by atoms with Gasteiger partial charge < -0.3 is 19.5 Å². The van der Waals surface area contributed by atoms with Crippen molar-refractivity contribution < 1.29 is 19.0 Å². The van der Waals surface area contributed by atoms with Gasteiger partial charge in [0.05, 0.1) is 31.8 Å². The molecule has 0 fully saturated rings. The van der Waals surface area contributed by atoms with Crippen LogP contribution in [0.4, 0.5) is 5.69 Å². The van der Waals surface area contributed by atoms with Crippen molar-refractivity contribution in [3.8, 4) is 17.5 Å². The summed E-state index contributed by atoms with van der Waals surface area (Å²) in [6, 6.07) is 7.24. The highest BCUT2D eigenvalue weighted by Gasteiger charge is 2.05. The molecule has 0 saturated heterocycles. The summed E-state index contributed by atoms with van der Waals surface area (Å²) in [5.41, 5.74) is 0.479. The third-order valence-corrected chi connectivity index (χ3v) is 2.61. The Hall–Kier alpha value is -2.83. The average molecular weight is 303 g/mol. The molecule has 0 spiro atoms. The fourth-order valence-corrected chi connectivity index (χ4v) is 1.60. The molecule has 1 aromatic heterocycles. The molecule has 1 amide bonds. The second kappa shape index (κ2) is 7.82. The Morgan fingerprint density at radius 1 is 1.09 bits per heavy atom. The highest BCUT2D eigenvalue weighted by molar-refractivity contribution is 5.91. The van der Waals surface area contributed by atoms with Crippen molar-refractivity contribution in [1.29, 1.82) is 0 Å². The molecular formula is C15H17N3O4. The topological polar surface area (TPSA) is 82.6 Å². The number of nitrogens with zero attached hydrogens (tertiary/aromatic N) is 2. The number of hydrogen-bond acceptors (Lipinski definition) is 6. The van der Waals surface area contributed by atoms with E-state index in [-0.39, 0.29) is 18.5 Å². The van der Waals surface area contributed by atoms with Gasteiger partial charge in [0, 0.05) is 0 Å². The first-order chi connectivity index (χ1) is 10.7. The molecule has 0 bridgehead atoms. The van der Waals surface area contributed by atoms with E-state index in [9.17, 15) is 4.79 Å². The van der Waals surface area contributed by atoms with Gasteiger partial charge in [0.1, 0.15) is 11.5 Å². The fourth-order valence-electron chi connectivity index (χ4n) is 1.60. The molecule has 2 aromatic rings. The van der Waals surface area contributed by atoms with E-state index in [2.05, 4.69) is 15.3 Å². The van der Waals surface area contributed by atoms with Crippen LogP contribution in [0.15, 0.2) is 36.7 Å². The summed E-state index contributed by atoms with van der Waals surface area (Å²) in [7, 11) is 1.59. The van der Waals surface area contributed by atoms with Crippen LogP contribution in [-0.4, -0.2) is 36.2 Å². The number of carbonyl (C=O) groups excluding carboxylic acids is 1. The summed E-state index contributed by atoms with van der Waals surface area (Å²) in [5, 5.41) is 2.63. The van der Waals surface area contributed by atoms with Crippen LogP contribution in [-0.2, 0) is 4.79 Å². The van der Waals surface area contributed by atoms with Crippen LogP contribution in [0.25, 0.3) is 0 Å². The largest absolute Gasteiger partial charge is 0.497 e. The summed E-state index contributed by atoms with van der Waals surface area (Å²) >= 11 is 0. The molecule has 22 heavy (non-hydrogen) atoms. The summed E-state index contributed by atoms with van der Waals surface area (Å²) in [4.78, 5) is 19.7. The van der Waals surface area contributed by atoms with E-state index in [4.69, 9.17) is 14.2 Å². The van der Waals surface area contributed by atoms with E-state index in [0.29, 0.717) is 18.0 Å². The minimum Gasteiger partial charge on any atom is -0.497 e. The third kappa shape index (κ3) is 4.62. The zero-order valence-corrected chi connectivity index (χ0v) is 12.4. The smallest absolute Gasteiger partial charge is 0.316 e. The highest BCUT2D eigenvalue weighted by atomic mass is 16.5. The molecule has 0 saturated carbocycles. The maximum atomic E-state index is 11.8. The first kappa shape index (κ1) is 15.6. The number of benzene rings is 1. The van der Waals surface area contributed by atoms with Crippen molar-refractivity contribution in [2.45, 2.75) is 6.92 Å². The SMILES string of the molecule is CCOc1ncc(NC(=O)COc2ccc(OC)cc2)cn1. The quantitative estimate of drug-likeness (QED) is 0.841. The molecular weight excluding hydrogens is 286 g/mol. The molecule has 0 aliphatic heterocycles. The number of methoxy groups -OCH3 is 1. The first-order valence-electron chi connectivity index (χ1n) is 6.73. The molecule has 0 aliphatic rings. The van der Waals surface area contributed by atoms with E-state index in [1.165, 1.54) is 12.4 Å². The Morgan fingerprint density at radius 3 is 2.32 bits per heavy atom. The highest BCUT2D eigenvalue weighted by Crippen LogP contribution is 2.17. The lowest BCUT2D eigenvalue weighted by atomic mass is 10.3. The van der Waals surface area contributed by atoms with Crippen molar-refractivity contribution >= 4 is 11.6 Å². The maximum Gasteiger partial charge on any atom is 0.316 e. The van der Waals surface area contributed by atoms with E-state index in [1.54, 1.807) is 31.4 Å². The predicted octanol–water partition coefficient (Wildman–Crippen LogP) is 1.90. The predicted molar refractivity (Wildman–Crippen MR) is 80.3 cm³/mol. The van der Waals surface area contributed by atoms with Gasteiger partial charge in [-0.3, -0.25) is 4.79 Å². The van der Waals surface area contributed by atoms with E-state index >= 15 is 0 Å². The molecule has 0 aliphatic carbocycles. The lowest BCUT2D eigenvalue weighted by molar-refractivity contribution is -0.118. The molecule has 1 aromatic carbocycles. The Bertz CT molecular complexity index is 599. The zero-order valence-electron chi connectivity index (χ0n) is 12.4. The van der Waals surface area contributed by atoms with Gasteiger partial charge in [-0.1, -0.05) is 0 Å². The van der Waals surface area contributed by atoms with Gasteiger partial charge in [0.2, 0.25) is 0 Å². The summed E-state index contributed by atoms with van der Waals surface area (Å²) in [6.45, 7) is 2.22. The fraction of sp³-hybridized carbons (Fsp3) is 0.267. The second-order valence-corrected chi connectivity index (χ2v) is 4.20. The van der Waals surface area contributed by atoms with Crippen LogP contribution in [0.1, 0.15) is 6.92 Å². The minimum atomic E-state index is -0.302. The van der Waals surface area contributed by atoms with Crippen LogP contribution < -0.4 is 19.5 Å². The number of anilines is 1. The number of hydrogen-bond donors (Lipinski definition) is 1. The Labute approximate surface area is 128 Å². The lowest BCUT2D eigenvalue weighted by Crippen LogP contribution is -2.20. The first-order valence-corrected chi connectivity index (χ1v) is 6.73. The number of nitrogens with one attached hydrogen (secondary N) is 1. The van der Waals surface area contributed by atoms with Crippen molar-refractivity contribution in [3.05, 3.63) is 36.7 Å². The van der Waals surface area contributed by atoms with Crippen LogP contribution in [0, 0.1) is 0 Å². The molecule has 0 radical (unpaired) electrons. The average Bonchev–Trinajstić information content (AvgIpc) is 2.55. The van der Waals surface area contributed by atoms with Crippen LogP contribution in [0.2, 0.25) is 0 Å². The number of carbonyl (C=O) groups is 1. The standard InChI is InChI=1S/C15H17N3O4/c1-3-21-15-16-8-11(9-17-15)18-14(19)10-22-13-6-4-12(20-2)5-7-13/h4-9H,3,10H2,1-2H3,(H,18,19). The van der Waals surface area contributed by atoms with Gasteiger partial charge in [-0.25, -0.2) is 9.97 Å². The van der Waals surface area contributed by atoms with E-state index in [0.717, 1.165) is 5.75 Å². The van der Waals surface area contributed by atoms with Gasteiger partial charge in [0.25, 0.3) is 5.91 Å². The summed E-state index contributed by atoms with van der Waals surface area (Å²) in [5.74, 6) is 1.01. The van der Waals surface area contributed by atoms with Crippen molar-refractivity contribution in [1.82, 2.24) is 9.97 Å². The Kier molecular flexibility index (Phi) is 5.53. The van der Waals surface area contributed by atoms with Crippen LogP contribution in [0.5, 0.6) is 17.5 Å². The Morgan fingerprint density at radius 2 is 1.73 bits per heavy atom. The van der Waals surface area contributed by atoms with Crippen LogP contribution in [0.3, 0.4) is 0 Å². The van der Waals surface area contributed by atoms with Gasteiger partial charge in [-0.05, 0) is 31.2 Å². The monoisotopic (exact) mass is 303 g/mol. The molecule has 0 unspecified atom stereocenters. The van der Waals surface area contributed by atoms with Gasteiger partial charge in [0.15, 0.2) is 6.61 Å². The summed E-state index contributed by atoms with van der Waals surface area (Å²) in [6.07, 6.45) is 2.95. The van der Waals surface area contributed by atoms with Gasteiger partial charge in [-0.2, -0.15) is 0 Å². The zero-order chi connectivity index (χ0) is 15.8. The van der Waals surface area contributed by atoms with Gasteiger partial charge >= 0.3 is 6.01 Å². The molecule has 1 heterocycles. The second-order valence-electron chi connectivity index (χ2n) is 4.20. The number of amides is 1. The van der Waals surface area contributed by atoms with Gasteiger partial charge in [-0.15, -0.1) is 0 Å². The molecule has 7 heteroatoms. The van der Waals surface area contributed by atoms with Crippen molar-refractivity contribution in [2.24, 2.45) is 0 Å². The number of aromatic nitrogens is 2. The van der Waals surface area contributed by atoms with E-state index in [1.807, 2.05) is 6.92 Å². The minimum absolute atomic E-state index is 0.112. The van der Waals surface area contributed by atoms with Crippen molar-refractivity contribution in [2.75, 3.05) is 25.6 Å². The van der Waals surface area contributed by atoms with E-state index < -0.39 is 0 Å².